The van der Waals surface area contributed by atoms with E-state index in [0.29, 0.717) is 6.54 Å². The average Bonchev–Trinajstić information content (AvgIpc) is 2.22. The summed E-state index contributed by atoms with van der Waals surface area (Å²) in [6.07, 6.45) is 3.71. The summed E-state index contributed by atoms with van der Waals surface area (Å²) in [6, 6.07) is 0. The van der Waals surface area contributed by atoms with Crippen molar-refractivity contribution in [2.45, 2.75) is 20.8 Å². The van der Waals surface area contributed by atoms with Gasteiger partial charge in [-0.25, -0.2) is 0 Å². The third-order valence-electron chi connectivity index (χ3n) is 1.03. The van der Waals surface area contributed by atoms with E-state index in [4.69, 9.17) is 0 Å². The first-order valence-electron chi connectivity index (χ1n) is 4.68. The second-order valence-electron chi connectivity index (χ2n) is 2.01. The molecule has 0 spiro atoms. The maximum absolute atomic E-state index is 10.8. The fraction of sp³-hybridized carbons (Fsp3) is 0.545. The Morgan fingerprint density at radius 1 is 1.50 bits per heavy atom. The predicted octanol–water partition coefficient (Wildman–Crippen LogP) is 1.35. The number of carbonyl (C=O) groups excluding carboxylic acids is 1. The van der Waals surface area contributed by atoms with Crippen LogP contribution >= 0.6 is 0 Å². The first-order chi connectivity index (χ1) is 6.81. The van der Waals surface area contributed by atoms with E-state index < -0.39 is 0 Å². The summed E-state index contributed by atoms with van der Waals surface area (Å²) in [4.78, 5) is 10.8. The number of rotatable bonds is 3. The summed E-state index contributed by atoms with van der Waals surface area (Å²) in [7, 11) is 1.53. The molecule has 0 aliphatic carbocycles. The molecular weight excluding hydrogens is 178 g/mol. The first-order valence-corrected chi connectivity index (χ1v) is 4.68. The Bertz CT molecular complexity index is 211. The van der Waals surface area contributed by atoms with Crippen molar-refractivity contribution in [3.63, 3.8) is 0 Å². The van der Waals surface area contributed by atoms with E-state index in [1.807, 2.05) is 32.9 Å². The third-order valence-corrected chi connectivity index (χ3v) is 1.03. The van der Waals surface area contributed by atoms with Gasteiger partial charge in [-0.2, -0.15) is 0 Å². The zero-order valence-corrected chi connectivity index (χ0v) is 9.39. The van der Waals surface area contributed by atoms with Gasteiger partial charge in [0.15, 0.2) is 0 Å². The predicted molar refractivity (Wildman–Crippen MR) is 58.8 cm³/mol. The molecule has 3 heteroatoms. The number of allylic oxidation sites excluding steroid dienone is 1. The second-order valence-corrected chi connectivity index (χ2v) is 2.01. The van der Waals surface area contributed by atoms with Crippen LogP contribution < -0.4 is 5.32 Å². The van der Waals surface area contributed by atoms with Crippen LogP contribution in [0, 0.1) is 11.8 Å². The Labute approximate surface area is 86.5 Å². The van der Waals surface area contributed by atoms with E-state index in [1.54, 1.807) is 0 Å². The Balaban J connectivity index is 0. The largest absolute Gasteiger partial charge is 0.372 e. The van der Waals surface area contributed by atoms with Crippen molar-refractivity contribution in [1.29, 1.82) is 0 Å². The van der Waals surface area contributed by atoms with Crippen molar-refractivity contribution in [3.8, 4) is 11.8 Å². The molecule has 0 aliphatic heterocycles. The van der Waals surface area contributed by atoms with Crippen LogP contribution in [0.2, 0.25) is 0 Å². The van der Waals surface area contributed by atoms with Crippen LogP contribution in [0.1, 0.15) is 20.8 Å². The van der Waals surface area contributed by atoms with Crippen molar-refractivity contribution in [3.05, 3.63) is 12.2 Å². The molecule has 0 rings (SSSR count). The standard InChI is InChI=1S/C9H13NO2.C2H6/c1-3-4-7-10-9(11)6-5-8-12-2;1-2/h3-4H,7-8H2,1-2H3,(H,10,11);1-2H3/b4-3+;. The molecule has 0 radical (unpaired) electrons. The highest BCUT2D eigenvalue weighted by molar-refractivity contribution is 5.93. The number of nitrogens with one attached hydrogen (secondary N) is 1. The van der Waals surface area contributed by atoms with Gasteiger partial charge in [0, 0.05) is 13.7 Å². The molecule has 0 heterocycles. The van der Waals surface area contributed by atoms with Crippen LogP contribution in [0.25, 0.3) is 0 Å². The maximum atomic E-state index is 10.8. The number of methoxy groups -OCH3 is 1. The van der Waals surface area contributed by atoms with Gasteiger partial charge in [0.1, 0.15) is 6.61 Å². The smallest absolute Gasteiger partial charge is 0.296 e. The number of ether oxygens (including phenoxy) is 1. The molecule has 0 unspecified atom stereocenters. The lowest BCUT2D eigenvalue weighted by Gasteiger charge is -1.92. The summed E-state index contributed by atoms with van der Waals surface area (Å²) in [6.45, 7) is 6.71. The van der Waals surface area contributed by atoms with E-state index in [-0.39, 0.29) is 12.5 Å². The Hall–Kier alpha value is -1.27. The van der Waals surface area contributed by atoms with E-state index >= 15 is 0 Å². The van der Waals surface area contributed by atoms with E-state index in [0.717, 1.165) is 0 Å². The third kappa shape index (κ3) is 13.3. The van der Waals surface area contributed by atoms with Crippen LogP contribution in [0.3, 0.4) is 0 Å². The highest BCUT2D eigenvalue weighted by Gasteiger charge is 1.88. The molecule has 0 aromatic rings. The Morgan fingerprint density at radius 2 is 2.14 bits per heavy atom. The van der Waals surface area contributed by atoms with Gasteiger partial charge in [-0.15, -0.1) is 0 Å². The van der Waals surface area contributed by atoms with E-state index in [9.17, 15) is 4.79 Å². The van der Waals surface area contributed by atoms with Gasteiger partial charge >= 0.3 is 0 Å². The van der Waals surface area contributed by atoms with Crippen LogP contribution in [0.5, 0.6) is 0 Å². The highest BCUT2D eigenvalue weighted by atomic mass is 16.5. The van der Waals surface area contributed by atoms with Gasteiger partial charge in [0.05, 0.1) is 0 Å². The van der Waals surface area contributed by atoms with Gasteiger partial charge in [0.2, 0.25) is 0 Å². The normalized spacial score (nSPS) is 8.29. The summed E-state index contributed by atoms with van der Waals surface area (Å²) >= 11 is 0. The quantitative estimate of drug-likeness (QED) is 0.548. The average molecular weight is 197 g/mol. The topological polar surface area (TPSA) is 38.3 Å². The molecule has 80 valence electrons. The lowest BCUT2D eigenvalue weighted by molar-refractivity contribution is -0.115. The summed E-state index contributed by atoms with van der Waals surface area (Å²) in [5.41, 5.74) is 0. The molecule has 0 aromatic carbocycles. The zero-order valence-electron chi connectivity index (χ0n) is 9.39. The summed E-state index contributed by atoms with van der Waals surface area (Å²) < 4.78 is 4.65. The molecule has 0 aliphatic rings. The number of hydrogen-bond donors (Lipinski definition) is 1. The van der Waals surface area contributed by atoms with Crippen LogP contribution in [-0.4, -0.2) is 26.2 Å². The van der Waals surface area contributed by atoms with Crippen LogP contribution in [-0.2, 0) is 9.53 Å². The lowest BCUT2D eigenvalue weighted by atomic mass is 10.5. The number of hydrogen-bond acceptors (Lipinski definition) is 2. The Morgan fingerprint density at radius 3 is 2.64 bits per heavy atom. The molecule has 0 atom stereocenters. The van der Waals surface area contributed by atoms with Crippen molar-refractivity contribution in [1.82, 2.24) is 5.32 Å². The highest BCUT2D eigenvalue weighted by Crippen LogP contribution is 1.68. The van der Waals surface area contributed by atoms with Gasteiger partial charge in [-0.05, 0) is 12.8 Å². The summed E-state index contributed by atoms with van der Waals surface area (Å²) in [5.74, 6) is 4.66. The zero-order chi connectivity index (χ0) is 11.2. The minimum Gasteiger partial charge on any atom is -0.372 e. The Kier molecular flexibility index (Phi) is 15.5. The van der Waals surface area contributed by atoms with Gasteiger partial charge in [-0.1, -0.05) is 31.9 Å². The molecule has 0 fully saturated rings. The van der Waals surface area contributed by atoms with E-state index in [2.05, 4.69) is 21.9 Å². The van der Waals surface area contributed by atoms with Crippen LogP contribution in [0.4, 0.5) is 0 Å². The minimum atomic E-state index is -0.273. The van der Waals surface area contributed by atoms with E-state index in [1.165, 1.54) is 7.11 Å². The van der Waals surface area contributed by atoms with Crippen molar-refractivity contribution < 1.29 is 9.53 Å². The lowest BCUT2D eigenvalue weighted by Crippen LogP contribution is -2.21. The SMILES string of the molecule is C/C=C/CNC(=O)C#CCOC.CC. The molecule has 1 N–H and O–H groups in total. The first kappa shape index (κ1) is 15.2. The van der Waals surface area contributed by atoms with Gasteiger partial charge in [0.25, 0.3) is 5.91 Å². The molecule has 14 heavy (non-hydrogen) atoms. The summed E-state index contributed by atoms with van der Waals surface area (Å²) in [5, 5.41) is 2.59. The fourth-order valence-electron chi connectivity index (χ4n) is 0.502. The molecule has 0 saturated heterocycles. The molecule has 0 aromatic heterocycles. The maximum Gasteiger partial charge on any atom is 0.296 e. The number of amides is 1. The van der Waals surface area contributed by atoms with Crippen molar-refractivity contribution >= 4 is 5.91 Å². The molecule has 3 nitrogen and oxygen atoms in total. The van der Waals surface area contributed by atoms with Gasteiger partial charge < -0.3 is 10.1 Å². The fourth-order valence-corrected chi connectivity index (χ4v) is 0.502. The molecule has 1 amide bonds. The number of carbonyl (C=O) groups is 1. The molecular formula is C11H19NO2. The minimum absolute atomic E-state index is 0.273. The van der Waals surface area contributed by atoms with Crippen molar-refractivity contribution in [2.24, 2.45) is 0 Å². The molecule has 0 bridgehead atoms. The molecule has 0 saturated carbocycles. The monoisotopic (exact) mass is 197 g/mol. The van der Waals surface area contributed by atoms with Crippen LogP contribution in [0.15, 0.2) is 12.2 Å². The van der Waals surface area contributed by atoms with Crippen molar-refractivity contribution in [2.75, 3.05) is 20.3 Å². The van der Waals surface area contributed by atoms with Gasteiger partial charge in [-0.3, -0.25) is 4.79 Å². The second kappa shape index (κ2) is 14.3.